The molecule has 4 rings (SSSR count). The molecular formula is C20H17NO5. The monoisotopic (exact) mass is 351 g/mol. The highest BCUT2D eigenvalue weighted by molar-refractivity contribution is 5.82. The van der Waals surface area contributed by atoms with E-state index in [2.05, 4.69) is 5.32 Å². The van der Waals surface area contributed by atoms with Crippen LogP contribution >= 0.6 is 0 Å². The van der Waals surface area contributed by atoms with Gasteiger partial charge in [-0.1, -0.05) is 18.2 Å². The lowest BCUT2D eigenvalue weighted by Gasteiger charge is -2.10. The van der Waals surface area contributed by atoms with E-state index in [4.69, 9.17) is 13.9 Å². The molecule has 0 saturated carbocycles. The molecular weight excluding hydrogens is 334 g/mol. The van der Waals surface area contributed by atoms with E-state index in [-0.39, 0.29) is 23.2 Å². The van der Waals surface area contributed by atoms with Gasteiger partial charge in [0.15, 0.2) is 0 Å². The highest BCUT2D eigenvalue weighted by atomic mass is 16.5. The van der Waals surface area contributed by atoms with Crippen molar-refractivity contribution in [2.45, 2.75) is 18.9 Å². The summed E-state index contributed by atoms with van der Waals surface area (Å²) in [6.07, 6.45) is 2.99. The molecule has 0 bridgehead atoms. The molecule has 0 aliphatic carbocycles. The van der Waals surface area contributed by atoms with E-state index in [0.29, 0.717) is 22.5 Å². The predicted molar refractivity (Wildman–Crippen MR) is 95.7 cm³/mol. The van der Waals surface area contributed by atoms with Crippen LogP contribution in [0.4, 0.5) is 0 Å². The van der Waals surface area contributed by atoms with Gasteiger partial charge >= 0.3 is 5.97 Å². The Morgan fingerprint density at radius 1 is 1.12 bits per heavy atom. The number of carbonyl (C=O) groups excluding carboxylic acids is 1. The molecule has 6 heteroatoms. The average Bonchev–Trinajstić information content (AvgIpc) is 3.20. The summed E-state index contributed by atoms with van der Waals surface area (Å²) in [6.45, 7) is 0.816. The number of esters is 1. The van der Waals surface area contributed by atoms with E-state index in [1.807, 2.05) is 18.2 Å². The third-order valence-corrected chi connectivity index (χ3v) is 4.25. The zero-order valence-corrected chi connectivity index (χ0v) is 13.9. The van der Waals surface area contributed by atoms with Crippen LogP contribution in [0.3, 0.4) is 0 Å². The smallest absolute Gasteiger partial charge is 0.328 e. The second kappa shape index (κ2) is 7.01. The fourth-order valence-electron chi connectivity index (χ4n) is 2.91. The summed E-state index contributed by atoms with van der Waals surface area (Å²) in [5, 5.41) is 3.45. The Kier molecular flexibility index (Phi) is 4.41. The first-order valence-corrected chi connectivity index (χ1v) is 8.44. The van der Waals surface area contributed by atoms with Gasteiger partial charge in [0, 0.05) is 6.07 Å². The number of benzene rings is 2. The van der Waals surface area contributed by atoms with E-state index in [9.17, 15) is 9.59 Å². The van der Waals surface area contributed by atoms with Gasteiger partial charge in [-0.3, -0.25) is 4.79 Å². The Morgan fingerprint density at radius 2 is 1.96 bits per heavy atom. The molecule has 1 saturated heterocycles. The van der Waals surface area contributed by atoms with Crippen LogP contribution in [0.2, 0.25) is 0 Å². The second-order valence-corrected chi connectivity index (χ2v) is 6.07. The number of fused-ring (bicyclic) bond motifs is 1. The van der Waals surface area contributed by atoms with Crippen molar-refractivity contribution >= 4 is 16.9 Å². The topological polar surface area (TPSA) is 77.8 Å². The minimum absolute atomic E-state index is 0.101. The SMILES string of the molecule is O=C(Oc1ccc2c(=O)c(Oc3ccccc3)coc2c1)C1CCCN1. The Hall–Kier alpha value is -3.12. The van der Waals surface area contributed by atoms with Gasteiger partial charge in [-0.05, 0) is 43.7 Å². The van der Waals surface area contributed by atoms with Crippen molar-refractivity contribution in [1.82, 2.24) is 5.32 Å². The van der Waals surface area contributed by atoms with Gasteiger partial charge in [-0.15, -0.1) is 0 Å². The molecule has 0 radical (unpaired) electrons. The van der Waals surface area contributed by atoms with Crippen LogP contribution in [0.25, 0.3) is 11.0 Å². The lowest BCUT2D eigenvalue weighted by Crippen LogP contribution is -2.34. The number of carbonyl (C=O) groups is 1. The Morgan fingerprint density at radius 3 is 2.73 bits per heavy atom. The molecule has 3 aromatic rings. The third-order valence-electron chi connectivity index (χ3n) is 4.25. The molecule has 1 aliphatic rings. The summed E-state index contributed by atoms with van der Waals surface area (Å²) >= 11 is 0. The van der Waals surface area contributed by atoms with Gasteiger partial charge in [0.2, 0.25) is 11.2 Å². The first-order valence-electron chi connectivity index (χ1n) is 8.44. The lowest BCUT2D eigenvalue weighted by atomic mass is 10.2. The van der Waals surface area contributed by atoms with Crippen LogP contribution in [0.5, 0.6) is 17.2 Å². The molecule has 0 amide bonds. The standard InChI is InChI=1S/C20H17NO5/c22-19-15-9-8-14(26-20(23)16-7-4-10-21-16)11-17(15)24-12-18(19)25-13-5-2-1-3-6-13/h1-3,5-6,8-9,11-12,16,21H,4,7,10H2. The highest BCUT2D eigenvalue weighted by Crippen LogP contribution is 2.24. The van der Waals surface area contributed by atoms with Crippen LogP contribution in [0.15, 0.2) is 64.0 Å². The molecule has 1 unspecified atom stereocenters. The van der Waals surface area contributed by atoms with Gasteiger partial charge in [0.05, 0.1) is 5.39 Å². The van der Waals surface area contributed by atoms with Crippen molar-refractivity contribution in [3.63, 3.8) is 0 Å². The van der Waals surface area contributed by atoms with E-state index in [0.717, 1.165) is 19.4 Å². The van der Waals surface area contributed by atoms with Crippen molar-refractivity contribution in [1.29, 1.82) is 0 Å². The first-order chi connectivity index (χ1) is 12.7. The molecule has 1 N–H and O–H groups in total. The van der Waals surface area contributed by atoms with Gasteiger partial charge in [-0.25, -0.2) is 4.79 Å². The number of hydrogen-bond donors (Lipinski definition) is 1. The van der Waals surface area contributed by atoms with Crippen LogP contribution in [0.1, 0.15) is 12.8 Å². The van der Waals surface area contributed by atoms with Crippen molar-refractivity contribution < 1.29 is 18.7 Å². The number of ether oxygens (including phenoxy) is 2. The summed E-state index contributed by atoms with van der Waals surface area (Å²) in [7, 11) is 0. The zero-order chi connectivity index (χ0) is 17.9. The number of hydrogen-bond acceptors (Lipinski definition) is 6. The van der Waals surface area contributed by atoms with Crippen LogP contribution in [0, 0.1) is 0 Å². The molecule has 1 fully saturated rings. The predicted octanol–water partition coefficient (Wildman–Crippen LogP) is 3.24. The Bertz CT molecular complexity index is 990. The highest BCUT2D eigenvalue weighted by Gasteiger charge is 2.24. The molecule has 132 valence electrons. The average molecular weight is 351 g/mol. The first kappa shape index (κ1) is 16.4. The summed E-state index contributed by atoms with van der Waals surface area (Å²) in [6, 6.07) is 13.4. The molecule has 1 aromatic heterocycles. The lowest BCUT2D eigenvalue weighted by molar-refractivity contribution is -0.136. The minimum Gasteiger partial charge on any atom is -0.460 e. The van der Waals surface area contributed by atoms with E-state index in [1.165, 1.54) is 12.3 Å². The maximum atomic E-state index is 12.6. The summed E-state index contributed by atoms with van der Waals surface area (Å²) in [5.74, 6) is 0.668. The van der Waals surface area contributed by atoms with Crippen LogP contribution in [-0.4, -0.2) is 18.6 Å². The Labute approximate surface area is 149 Å². The van der Waals surface area contributed by atoms with Gasteiger partial charge < -0.3 is 19.2 Å². The molecule has 26 heavy (non-hydrogen) atoms. The van der Waals surface area contributed by atoms with Gasteiger partial charge in [-0.2, -0.15) is 0 Å². The Balaban J connectivity index is 1.58. The van der Waals surface area contributed by atoms with Crippen molar-refractivity contribution in [3.05, 3.63) is 65.0 Å². The summed E-state index contributed by atoms with van der Waals surface area (Å²) < 4.78 is 16.5. The maximum Gasteiger partial charge on any atom is 0.328 e. The largest absolute Gasteiger partial charge is 0.460 e. The van der Waals surface area contributed by atoms with E-state index < -0.39 is 0 Å². The molecule has 1 atom stereocenters. The van der Waals surface area contributed by atoms with Gasteiger partial charge in [0.1, 0.15) is 29.4 Å². The summed E-state index contributed by atoms with van der Waals surface area (Å²) in [5.41, 5.74) is 0.0468. The van der Waals surface area contributed by atoms with E-state index in [1.54, 1.807) is 24.3 Å². The molecule has 0 spiro atoms. The number of para-hydroxylation sites is 1. The molecule has 2 heterocycles. The fourth-order valence-corrected chi connectivity index (χ4v) is 2.91. The summed E-state index contributed by atoms with van der Waals surface area (Å²) in [4.78, 5) is 24.7. The molecule has 1 aliphatic heterocycles. The normalized spacial score (nSPS) is 16.5. The molecule has 6 nitrogen and oxygen atoms in total. The zero-order valence-electron chi connectivity index (χ0n) is 13.9. The second-order valence-electron chi connectivity index (χ2n) is 6.07. The van der Waals surface area contributed by atoms with Gasteiger partial charge in [0.25, 0.3) is 0 Å². The fraction of sp³-hybridized carbons (Fsp3) is 0.200. The van der Waals surface area contributed by atoms with Crippen LogP contribution in [-0.2, 0) is 4.79 Å². The van der Waals surface area contributed by atoms with E-state index >= 15 is 0 Å². The molecule has 2 aromatic carbocycles. The maximum absolute atomic E-state index is 12.6. The van der Waals surface area contributed by atoms with Crippen molar-refractivity contribution in [2.24, 2.45) is 0 Å². The number of nitrogens with one attached hydrogen (secondary N) is 1. The van der Waals surface area contributed by atoms with Crippen molar-refractivity contribution in [2.75, 3.05) is 6.54 Å². The number of rotatable bonds is 4. The van der Waals surface area contributed by atoms with Crippen LogP contribution < -0.4 is 20.2 Å². The third kappa shape index (κ3) is 3.32. The minimum atomic E-state index is -0.326. The quantitative estimate of drug-likeness (QED) is 0.574. The van der Waals surface area contributed by atoms with Crippen molar-refractivity contribution in [3.8, 4) is 17.2 Å².